The number of aliphatic carboxylic acids is 1. The summed E-state index contributed by atoms with van der Waals surface area (Å²) < 4.78 is 0. The van der Waals surface area contributed by atoms with Crippen LogP contribution in [0.15, 0.2) is 42.5 Å². The number of benzene rings is 2. The molecule has 0 atom stereocenters. The van der Waals surface area contributed by atoms with Crippen LogP contribution in [-0.4, -0.2) is 26.9 Å². The summed E-state index contributed by atoms with van der Waals surface area (Å²) in [5, 5.41) is 29.0. The molecule has 0 bridgehead atoms. The van der Waals surface area contributed by atoms with Crippen molar-refractivity contribution in [1.29, 1.82) is 5.26 Å². The van der Waals surface area contributed by atoms with E-state index < -0.39 is 23.9 Å². The summed E-state index contributed by atoms with van der Waals surface area (Å²) in [5.41, 5.74) is 2.26. The summed E-state index contributed by atoms with van der Waals surface area (Å²) in [5.74, 6) is 3.72. The predicted molar refractivity (Wildman–Crippen MR) is 106 cm³/mol. The lowest BCUT2D eigenvalue weighted by Crippen LogP contribution is -2.08. The summed E-state index contributed by atoms with van der Waals surface area (Å²) in [7, 11) is 0. The van der Waals surface area contributed by atoms with Crippen LogP contribution in [0.3, 0.4) is 0 Å². The van der Waals surface area contributed by atoms with Crippen LogP contribution in [0, 0.1) is 30.1 Å². The van der Waals surface area contributed by atoms with E-state index >= 15 is 0 Å². The van der Waals surface area contributed by atoms with Gasteiger partial charge in [0, 0.05) is 17.4 Å². The van der Waals surface area contributed by atoms with E-state index in [-0.39, 0.29) is 17.7 Å². The van der Waals surface area contributed by atoms with Crippen LogP contribution >= 0.6 is 0 Å². The zero-order valence-electron chi connectivity index (χ0n) is 15.6. The molecule has 0 aliphatic heterocycles. The number of aromatic hydroxyl groups is 1. The highest BCUT2D eigenvalue weighted by molar-refractivity contribution is 6.03. The number of ketones is 1. The Morgan fingerprint density at radius 2 is 1.86 bits per heavy atom. The molecule has 0 saturated heterocycles. The van der Waals surface area contributed by atoms with E-state index in [0.29, 0.717) is 16.5 Å². The van der Waals surface area contributed by atoms with Gasteiger partial charge in [-0.25, -0.2) is 4.98 Å². The highest BCUT2D eigenvalue weighted by Gasteiger charge is 2.21. The van der Waals surface area contributed by atoms with E-state index in [4.69, 9.17) is 5.11 Å². The fourth-order valence-corrected chi connectivity index (χ4v) is 2.89. The maximum Gasteiger partial charge on any atom is 0.303 e. The Hall–Kier alpha value is -4.16. The predicted octanol–water partition coefficient (Wildman–Crippen LogP) is 3.57. The van der Waals surface area contributed by atoms with Gasteiger partial charge in [0.1, 0.15) is 17.3 Å². The molecule has 1 aromatic heterocycles. The number of aryl methyl sites for hydroxylation is 1. The summed E-state index contributed by atoms with van der Waals surface area (Å²) in [6, 6.07) is 14.6. The largest absolute Gasteiger partial charge is 0.504 e. The number of fused-ring (bicyclic) bond motifs is 1. The average molecular weight is 384 g/mol. The van der Waals surface area contributed by atoms with Gasteiger partial charge in [0.15, 0.2) is 11.5 Å². The van der Waals surface area contributed by atoms with Gasteiger partial charge in [-0.2, -0.15) is 5.26 Å². The summed E-state index contributed by atoms with van der Waals surface area (Å²) in [6.07, 6.45) is -0.724. The quantitative estimate of drug-likeness (QED) is 0.525. The van der Waals surface area contributed by atoms with E-state index in [1.54, 1.807) is 18.2 Å². The first-order valence-corrected chi connectivity index (χ1v) is 8.80. The van der Waals surface area contributed by atoms with Crippen molar-refractivity contribution >= 4 is 22.7 Å². The number of para-hydroxylation sites is 1. The number of carbonyl (C=O) groups is 2. The minimum atomic E-state index is -1.14. The topological polar surface area (TPSA) is 111 Å². The van der Waals surface area contributed by atoms with E-state index in [9.17, 15) is 20.0 Å². The number of nitriles is 1. The van der Waals surface area contributed by atoms with Crippen molar-refractivity contribution in [2.45, 2.75) is 19.8 Å². The maximum atomic E-state index is 12.4. The van der Waals surface area contributed by atoms with Crippen LogP contribution in [0.25, 0.3) is 10.9 Å². The molecule has 0 saturated carbocycles. The SMILES string of the molecule is Cc1cccc(C#Cc2cccc3c(C#N)c(O)c(C(=O)CCC(=O)O)nc23)c1. The second-order valence-corrected chi connectivity index (χ2v) is 6.43. The third-order valence-corrected chi connectivity index (χ3v) is 4.29. The van der Waals surface area contributed by atoms with Crippen molar-refractivity contribution in [3.8, 4) is 23.7 Å². The number of Topliss-reactive ketones (excluding diaryl/α,β-unsaturated/α-hetero) is 1. The van der Waals surface area contributed by atoms with Crippen LogP contribution in [0.5, 0.6) is 5.75 Å². The molecular weight excluding hydrogens is 368 g/mol. The Morgan fingerprint density at radius 3 is 2.55 bits per heavy atom. The van der Waals surface area contributed by atoms with Crippen molar-refractivity contribution < 1.29 is 19.8 Å². The molecule has 6 nitrogen and oxygen atoms in total. The molecule has 0 spiro atoms. The second-order valence-electron chi connectivity index (χ2n) is 6.43. The fraction of sp³-hybridized carbons (Fsp3) is 0.130. The van der Waals surface area contributed by atoms with Gasteiger partial charge in [-0.1, -0.05) is 36.1 Å². The van der Waals surface area contributed by atoms with E-state index in [1.165, 1.54) is 0 Å². The van der Waals surface area contributed by atoms with Crippen LogP contribution in [0.4, 0.5) is 0 Å². The molecule has 3 aromatic rings. The van der Waals surface area contributed by atoms with Gasteiger partial charge in [-0.3, -0.25) is 9.59 Å². The summed E-state index contributed by atoms with van der Waals surface area (Å²) in [4.78, 5) is 27.4. The molecule has 2 aromatic carbocycles. The Balaban J connectivity index is 2.16. The van der Waals surface area contributed by atoms with Gasteiger partial charge >= 0.3 is 5.97 Å². The van der Waals surface area contributed by atoms with Crippen molar-refractivity contribution in [3.05, 3.63) is 70.4 Å². The number of carboxylic acid groups (broad SMARTS) is 1. The van der Waals surface area contributed by atoms with Crippen LogP contribution in [-0.2, 0) is 4.79 Å². The Morgan fingerprint density at radius 1 is 1.10 bits per heavy atom. The first kappa shape index (κ1) is 19.6. The highest BCUT2D eigenvalue weighted by Crippen LogP contribution is 2.30. The fourth-order valence-electron chi connectivity index (χ4n) is 2.89. The summed E-state index contributed by atoms with van der Waals surface area (Å²) in [6.45, 7) is 1.96. The smallest absolute Gasteiger partial charge is 0.303 e. The standard InChI is InChI=1S/C23H16N2O4/c1-14-4-2-5-15(12-14)8-9-16-6-3-7-17-18(13-24)23(29)22(25-21(16)17)19(26)10-11-20(27)28/h2-7,12,29H,10-11H2,1H3,(H,27,28). The number of rotatable bonds is 4. The zero-order chi connectivity index (χ0) is 21.0. The number of carbonyl (C=O) groups excluding carboxylic acids is 1. The average Bonchev–Trinajstić information content (AvgIpc) is 2.70. The van der Waals surface area contributed by atoms with E-state index in [0.717, 1.165) is 11.1 Å². The Labute approximate surface area is 167 Å². The summed E-state index contributed by atoms with van der Waals surface area (Å²) >= 11 is 0. The Bertz CT molecular complexity index is 1240. The lowest BCUT2D eigenvalue weighted by molar-refractivity contribution is -0.136. The second kappa shape index (κ2) is 8.24. The number of hydrogen-bond acceptors (Lipinski definition) is 5. The molecule has 0 amide bonds. The molecule has 0 aliphatic rings. The molecule has 1 heterocycles. The Kier molecular flexibility index (Phi) is 5.57. The molecule has 0 fully saturated rings. The molecule has 6 heteroatoms. The van der Waals surface area contributed by atoms with Crippen molar-refractivity contribution in [2.24, 2.45) is 0 Å². The van der Waals surface area contributed by atoms with Crippen molar-refractivity contribution in [2.75, 3.05) is 0 Å². The monoisotopic (exact) mass is 384 g/mol. The van der Waals surface area contributed by atoms with Gasteiger partial charge in [-0.05, 0) is 30.7 Å². The number of hydrogen-bond donors (Lipinski definition) is 2. The molecule has 142 valence electrons. The molecular formula is C23H16N2O4. The van der Waals surface area contributed by atoms with Crippen LogP contribution in [0.2, 0.25) is 0 Å². The van der Waals surface area contributed by atoms with Crippen molar-refractivity contribution in [3.63, 3.8) is 0 Å². The maximum absolute atomic E-state index is 12.4. The van der Waals surface area contributed by atoms with Gasteiger partial charge in [-0.15, -0.1) is 0 Å². The highest BCUT2D eigenvalue weighted by atomic mass is 16.4. The van der Waals surface area contributed by atoms with Crippen molar-refractivity contribution in [1.82, 2.24) is 4.98 Å². The molecule has 0 unspecified atom stereocenters. The number of pyridine rings is 1. The molecule has 0 aliphatic carbocycles. The van der Waals surface area contributed by atoms with E-state index in [1.807, 2.05) is 37.3 Å². The van der Waals surface area contributed by atoms with E-state index in [2.05, 4.69) is 16.8 Å². The van der Waals surface area contributed by atoms with Gasteiger partial charge in [0.25, 0.3) is 0 Å². The molecule has 2 N–H and O–H groups in total. The normalized spacial score (nSPS) is 10.1. The zero-order valence-corrected chi connectivity index (χ0v) is 15.6. The minimum Gasteiger partial charge on any atom is -0.504 e. The number of aromatic nitrogens is 1. The molecule has 3 rings (SSSR count). The number of nitrogens with zero attached hydrogens (tertiary/aromatic N) is 2. The molecule has 29 heavy (non-hydrogen) atoms. The van der Waals surface area contributed by atoms with Gasteiger partial charge < -0.3 is 10.2 Å². The third-order valence-electron chi connectivity index (χ3n) is 4.29. The third kappa shape index (κ3) is 4.23. The first-order valence-electron chi connectivity index (χ1n) is 8.80. The van der Waals surface area contributed by atoms with Gasteiger partial charge in [0.2, 0.25) is 0 Å². The lowest BCUT2D eigenvalue weighted by atomic mass is 10.0. The van der Waals surface area contributed by atoms with Crippen LogP contribution in [0.1, 0.15) is 45.6 Å². The number of carboxylic acids is 1. The lowest BCUT2D eigenvalue weighted by Gasteiger charge is -2.09. The first-order chi connectivity index (χ1) is 13.9. The van der Waals surface area contributed by atoms with Gasteiger partial charge in [0.05, 0.1) is 17.5 Å². The van der Waals surface area contributed by atoms with Crippen LogP contribution < -0.4 is 0 Å². The molecule has 0 radical (unpaired) electrons. The minimum absolute atomic E-state index is 0.0899.